The van der Waals surface area contributed by atoms with E-state index in [0.29, 0.717) is 0 Å². The zero-order chi connectivity index (χ0) is 15.2. The molecule has 0 aliphatic rings. The molecule has 1 rings (SSSR count). The lowest BCUT2D eigenvalue weighted by Gasteiger charge is -2.21. The number of rotatable bonds is 7. The molecule has 0 aromatic carbocycles. The van der Waals surface area contributed by atoms with Crippen molar-refractivity contribution in [2.45, 2.75) is 52.9 Å². The molecule has 0 saturated heterocycles. The second-order valence-corrected chi connectivity index (χ2v) is 6.01. The number of nitrogens with one attached hydrogen (secondary N) is 2. The van der Waals surface area contributed by atoms with Crippen molar-refractivity contribution >= 4 is 11.6 Å². The van der Waals surface area contributed by atoms with Crippen LogP contribution in [0.1, 0.15) is 51.9 Å². The van der Waals surface area contributed by atoms with Gasteiger partial charge in [0.05, 0.1) is 0 Å². The summed E-state index contributed by atoms with van der Waals surface area (Å²) >= 11 is 0. The quantitative estimate of drug-likeness (QED) is 0.670. The highest BCUT2D eigenvalue weighted by molar-refractivity contribution is 5.57. The summed E-state index contributed by atoms with van der Waals surface area (Å²) in [6.07, 6.45) is 1.74. The SMILES string of the molecule is CCNc1nc(C(C)(C)C)nc(NCCCCO)c1C. The third-order valence-corrected chi connectivity index (χ3v) is 3.04. The first-order chi connectivity index (χ1) is 9.40. The van der Waals surface area contributed by atoms with Gasteiger partial charge in [-0.3, -0.25) is 0 Å². The van der Waals surface area contributed by atoms with Crippen LogP contribution in [0.5, 0.6) is 0 Å². The van der Waals surface area contributed by atoms with E-state index in [2.05, 4.69) is 48.3 Å². The van der Waals surface area contributed by atoms with Gasteiger partial charge in [-0.15, -0.1) is 0 Å². The first-order valence-electron chi connectivity index (χ1n) is 7.37. The van der Waals surface area contributed by atoms with Crippen LogP contribution in [0.3, 0.4) is 0 Å². The fourth-order valence-electron chi connectivity index (χ4n) is 1.81. The molecule has 5 heteroatoms. The van der Waals surface area contributed by atoms with Gasteiger partial charge in [0, 0.05) is 30.7 Å². The minimum atomic E-state index is -0.0839. The van der Waals surface area contributed by atoms with E-state index in [1.165, 1.54) is 0 Å². The number of anilines is 2. The molecule has 1 aromatic rings. The van der Waals surface area contributed by atoms with Crippen LogP contribution in [0, 0.1) is 6.92 Å². The Hall–Kier alpha value is -1.36. The van der Waals surface area contributed by atoms with Crippen molar-refractivity contribution < 1.29 is 5.11 Å². The Bertz CT molecular complexity index is 427. The van der Waals surface area contributed by atoms with Crippen LogP contribution in [-0.2, 0) is 5.41 Å². The summed E-state index contributed by atoms with van der Waals surface area (Å²) in [6, 6.07) is 0. The van der Waals surface area contributed by atoms with Gasteiger partial charge in [-0.2, -0.15) is 0 Å². The van der Waals surface area contributed by atoms with Crippen LogP contribution < -0.4 is 10.6 Å². The van der Waals surface area contributed by atoms with Crippen LogP contribution in [0.4, 0.5) is 11.6 Å². The Morgan fingerprint density at radius 1 is 1.05 bits per heavy atom. The largest absolute Gasteiger partial charge is 0.396 e. The highest BCUT2D eigenvalue weighted by atomic mass is 16.2. The predicted molar refractivity (Wildman–Crippen MR) is 84.4 cm³/mol. The van der Waals surface area contributed by atoms with Crippen molar-refractivity contribution in [1.29, 1.82) is 0 Å². The van der Waals surface area contributed by atoms with Gasteiger partial charge in [-0.1, -0.05) is 20.8 Å². The molecule has 0 fully saturated rings. The van der Waals surface area contributed by atoms with Crippen LogP contribution in [-0.4, -0.2) is 34.8 Å². The van der Waals surface area contributed by atoms with Crippen molar-refractivity contribution in [3.8, 4) is 0 Å². The number of aromatic nitrogens is 2. The smallest absolute Gasteiger partial charge is 0.138 e. The summed E-state index contributed by atoms with van der Waals surface area (Å²) in [7, 11) is 0. The molecule has 0 aliphatic heterocycles. The maximum Gasteiger partial charge on any atom is 0.138 e. The molecule has 5 nitrogen and oxygen atoms in total. The van der Waals surface area contributed by atoms with Gasteiger partial charge in [0.25, 0.3) is 0 Å². The molecule has 1 heterocycles. The molecule has 0 atom stereocenters. The second kappa shape index (κ2) is 7.43. The van der Waals surface area contributed by atoms with Crippen molar-refractivity contribution in [2.24, 2.45) is 0 Å². The van der Waals surface area contributed by atoms with Gasteiger partial charge in [-0.25, -0.2) is 9.97 Å². The summed E-state index contributed by atoms with van der Waals surface area (Å²) < 4.78 is 0. The summed E-state index contributed by atoms with van der Waals surface area (Å²) in [5.41, 5.74) is 0.961. The monoisotopic (exact) mass is 280 g/mol. The number of unbranched alkanes of at least 4 members (excludes halogenated alkanes) is 1. The summed E-state index contributed by atoms with van der Waals surface area (Å²) in [4.78, 5) is 9.30. The van der Waals surface area contributed by atoms with Crippen molar-refractivity contribution in [3.63, 3.8) is 0 Å². The molecular formula is C15H28N4O. The third-order valence-electron chi connectivity index (χ3n) is 3.04. The van der Waals surface area contributed by atoms with E-state index in [-0.39, 0.29) is 12.0 Å². The van der Waals surface area contributed by atoms with Gasteiger partial charge in [0.1, 0.15) is 17.5 Å². The van der Waals surface area contributed by atoms with Crippen LogP contribution in [0.15, 0.2) is 0 Å². The number of hydrogen-bond donors (Lipinski definition) is 3. The maximum absolute atomic E-state index is 8.82. The molecule has 0 unspecified atom stereocenters. The fraction of sp³-hybridized carbons (Fsp3) is 0.733. The Kier molecular flexibility index (Phi) is 6.20. The van der Waals surface area contributed by atoms with E-state index in [9.17, 15) is 0 Å². The highest BCUT2D eigenvalue weighted by Crippen LogP contribution is 2.26. The zero-order valence-corrected chi connectivity index (χ0v) is 13.4. The zero-order valence-electron chi connectivity index (χ0n) is 13.4. The molecule has 0 spiro atoms. The molecular weight excluding hydrogens is 252 g/mol. The van der Waals surface area contributed by atoms with Gasteiger partial charge in [0.15, 0.2) is 0 Å². The average molecular weight is 280 g/mol. The van der Waals surface area contributed by atoms with Gasteiger partial charge in [0.2, 0.25) is 0 Å². The minimum Gasteiger partial charge on any atom is -0.396 e. The van der Waals surface area contributed by atoms with E-state index in [1.54, 1.807) is 0 Å². The van der Waals surface area contributed by atoms with Gasteiger partial charge >= 0.3 is 0 Å². The predicted octanol–water partition coefficient (Wildman–Crippen LogP) is 2.70. The Morgan fingerprint density at radius 3 is 2.15 bits per heavy atom. The van der Waals surface area contributed by atoms with E-state index >= 15 is 0 Å². The summed E-state index contributed by atoms with van der Waals surface area (Å²) in [6.45, 7) is 12.3. The van der Waals surface area contributed by atoms with E-state index in [1.807, 2.05) is 6.92 Å². The van der Waals surface area contributed by atoms with Crippen LogP contribution in [0.25, 0.3) is 0 Å². The number of hydrogen-bond acceptors (Lipinski definition) is 5. The molecule has 3 N–H and O–H groups in total. The number of aliphatic hydroxyl groups excluding tert-OH is 1. The first kappa shape index (κ1) is 16.7. The maximum atomic E-state index is 8.82. The number of aliphatic hydroxyl groups is 1. The first-order valence-corrected chi connectivity index (χ1v) is 7.37. The normalized spacial score (nSPS) is 11.5. The van der Waals surface area contributed by atoms with Crippen molar-refractivity contribution in [2.75, 3.05) is 30.3 Å². The van der Waals surface area contributed by atoms with Gasteiger partial charge < -0.3 is 15.7 Å². The third kappa shape index (κ3) is 4.63. The van der Waals surface area contributed by atoms with Crippen molar-refractivity contribution in [3.05, 3.63) is 11.4 Å². The molecule has 20 heavy (non-hydrogen) atoms. The molecule has 114 valence electrons. The minimum absolute atomic E-state index is 0.0839. The topological polar surface area (TPSA) is 70.1 Å². The highest BCUT2D eigenvalue weighted by Gasteiger charge is 2.20. The summed E-state index contributed by atoms with van der Waals surface area (Å²) in [5, 5.41) is 15.5. The molecule has 0 saturated carbocycles. The van der Waals surface area contributed by atoms with Gasteiger partial charge in [-0.05, 0) is 26.7 Å². The molecule has 0 radical (unpaired) electrons. The lowest BCUT2D eigenvalue weighted by molar-refractivity contribution is 0.286. The van der Waals surface area contributed by atoms with Crippen LogP contribution >= 0.6 is 0 Å². The molecule has 0 bridgehead atoms. The van der Waals surface area contributed by atoms with E-state index in [4.69, 9.17) is 5.11 Å². The Morgan fingerprint density at radius 2 is 1.65 bits per heavy atom. The summed E-state index contributed by atoms with van der Waals surface area (Å²) in [5.74, 6) is 2.62. The number of nitrogens with zero attached hydrogens (tertiary/aromatic N) is 2. The fourth-order valence-corrected chi connectivity index (χ4v) is 1.81. The second-order valence-electron chi connectivity index (χ2n) is 6.01. The standard InChI is InChI=1S/C15H28N4O/c1-6-16-12-11(2)13(17-9-7-8-10-20)19-14(18-12)15(3,4)5/h20H,6-10H2,1-5H3,(H2,16,17,18,19). The molecule has 0 aliphatic carbocycles. The Labute approximate surface area is 122 Å². The molecule has 0 amide bonds. The average Bonchev–Trinajstić information content (AvgIpc) is 2.37. The molecule has 1 aromatic heterocycles. The lowest BCUT2D eigenvalue weighted by atomic mass is 9.95. The van der Waals surface area contributed by atoms with E-state index in [0.717, 1.165) is 49.0 Å². The Balaban J connectivity index is 2.98. The van der Waals surface area contributed by atoms with Crippen LogP contribution in [0.2, 0.25) is 0 Å². The lowest BCUT2D eigenvalue weighted by Crippen LogP contribution is -2.20. The van der Waals surface area contributed by atoms with E-state index < -0.39 is 0 Å². The van der Waals surface area contributed by atoms with Crippen molar-refractivity contribution in [1.82, 2.24) is 9.97 Å².